The van der Waals surface area contributed by atoms with Crippen molar-refractivity contribution in [1.82, 2.24) is 15.5 Å². The molecule has 122 valence electrons. The molecule has 1 atom stereocenters. The fourth-order valence-corrected chi connectivity index (χ4v) is 2.92. The quantitative estimate of drug-likeness (QED) is 0.626. The third-order valence-electron chi connectivity index (χ3n) is 4.07. The second-order valence-electron chi connectivity index (χ2n) is 6.16. The molecule has 0 amide bonds. The molecule has 2 N–H and O–H groups in total. The summed E-state index contributed by atoms with van der Waals surface area (Å²) in [6.45, 7) is 10.6. The Morgan fingerprint density at radius 3 is 2.82 bits per heavy atom. The van der Waals surface area contributed by atoms with Crippen molar-refractivity contribution in [3.05, 3.63) is 35.9 Å². The molecule has 0 saturated carbocycles. The molecule has 0 aliphatic carbocycles. The maximum absolute atomic E-state index is 4.66. The van der Waals surface area contributed by atoms with Crippen LogP contribution < -0.4 is 10.6 Å². The summed E-state index contributed by atoms with van der Waals surface area (Å²) in [7, 11) is 0. The van der Waals surface area contributed by atoms with Crippen LogP contribution in [-0.4, -0.2) is 43.6 Å². The summed E-state index contributed by atoms with van der Waals surface area (Å²) in [4.78, 5) is 7.21. The summed E-state index contributed by atoms with van der Waals surface area (Å²) >= 11 is 0. The van der Waals surface area contributed by atoms with E-state index >= 15 is 0 Å². The minimum absolute atomic E-state index is 0.719. The molecule has 0 bridgehead atoms. The molecule has 0 radical (unpaired) electrons. The van der Waals surface area contributed by atoms with E-state index in [1.807, 2.05) is 6.07 Å². The van der Waals surface area contributed by atoms with E-state index in [2.05, 4.69) is 58.6 Å². The second-order valence-corrected chi connectivity index (χ2v) is 6.16. The highest BCUT2D eigenvalue weighted by Gasteiger charge is 2.15. The van der Waals surface area contributed by atoms with Crippen LogP contribution in [0.5, 0.6) is 0 Å². The van der Waals surface area contributed by atoms with Gasteiger partial charge in [0.25, 0.3) is 0 Å². The molecule has 1 aliphatic heterocycles. The van der Waals surface area contributed by atoms with Crippen LogP contribution in [-0.2, 0) is 6.54 Å². The van der Waals surface area contributed by atoms with E-state index in [4.69, 9.17) is 0 Å². The van der Waals surface area contributed by atoms with Crippen LogP contribution in [0.25, 0.3) is 0 Å². The van der Waals surface area contributed by atoms with Gasteiger partial charge in [-0.15, -0.1) is 0 Å². The first-order valence-corrected chi connectivity index (χ1v) is 8.56. The monoisotopic (exact) mass is 302 g/mol. The van der Waals surface area contributed by atoms with Crippen LogP contribution >= 0.6 is 0 Å². The van der Waals surface area contributed by atoms with Gasteiger partial charge in [0, 0.05) is 26.2 Å². The SMILES string of the molecule is CCNC(=NCc1ccccc1)NCCN1CCCC(C)C1. The van der Waals surface area contributed by atoms with E-state index < -0.39 is 0 Å². The van der Waals surface area contributed by atoms with Gasteiger partial charge >= 0.3 is 0 Å². The maximum Gasteiger partial charge on any atom is 0.191 e. The van der Waals surface area contributed by atoms with Crippen molar-refractivity contribution in [3.63, 3.8) is 0 Å². The Labute approximate surface area is 135 Å². The van der Waals surface area contributed by atoms with E-state index in [9.17, 15) is 0 Å². The fraction of sp³-hybridized carbons (Fsp3) is 0.611. The van der Waals surface area contributed by atoms with Crippen molar-refractivity contribution < 1.29 is 0 Å². The molecular formula is C18H30N4. The third kappa shape index (κ3) is 6.06. The molecule has 1 fully saturated rings. The summed E-state index contributed by atoms with van der Waals surface area (Å²) in [6.07, 6.45) is 2.72. The summed E-state index contributed by atoms with van der Waals surface area (Å²) in [5.41, 5.74) is 1.24. The highest BCUT2D eigenvalue weighted by Crippen LogP contribution is 2.14. The van der Waals surface area contributed by atoms with Crippen LogP contribution in [0.4, 0.5) is 0 Å². The number of nitrogens with zero attached hydrogens (tertiary/aromatic N) is 2. The zero-order chi connectivity index (χ0) is 15.6. The van der Waals surface area contributed by atoms with Gasteiger partial charge < -0.3 is 15.5 Å². The van der Waals surface area contributed by atoms with Gasteiger partial charge in [-0.2, -0.15) is 0 Å². The van der Waals surface area contributed by atoms with Crippen molar-refractivity contribution in [1.29, 1.82) is 0 Å². The van der Waals surface area contributed by atoms with Crippen molar-refractivity contribution in [2.45, 2.75) is 33.2 Å². The Kier molecular flexibility index (Phi) is 7.23. The Morgan fingerprint density at radius 1 is 1.27 bits per heavy atom. The predicted molar refractivity (Wildman–Crippen MR) is 94.1 cm³/mol. The molecule has 0 spiro atoms. The molecule has 0 aromatic heterocycles. The van der Waals surface area contributed by atoms with E-state index in [-0.39, 0.29) is 0 Å². The number of aliphatic imine (C=N–C) groups is 1. The molecule has 2 rings (SSSR count). The zero-order valence-electron chi connectivity index (χ0n) is 14.0. The molecule has 1 unspecified atom stereocenters. The van der Waals surface area contributed by atoms with Crippen LogP contribution in [0, 0.1) is 5.92 Å². The highest BCUT2D eigenvalue weighted by atomic mass is 15.2. The first kappa shape index (κ1) is 16.8. The van der Waals surface area contributed by atoms with E-state index in [1.165, 1.54) is 31.5 Å². The maximum atomic E-state index is 4.66. The highest BCUT2D eigenvalue weighted by molar-refractivity contribution is 5.79. The standard InChI is InChI=1S/C18H30N4/c1-3-19-18(21-14-17-9-5-4-6-10-17)20-11-13-22-12-7-8-16(2)15-22/h4-6,9-10,16H,3,7-8,11-15H2,1-2H3,(H2,19,20,21). The first-order valence-electron chi connectivity index (χ1n) is 8.56. The average molecular weight is 302 g/mol. The minimum Gasteiger partial charge on any atom is -0.357 e. The lowest BCUT2D eigenvalue weighted by Crippen LogP contribution is -2.43. The molecule has 22 heavy (non-hydrogen) atoms. The molecule has 1 saturated heterocycles. The van der Waals surface area contributed by atoms with Gasteiger partial charge in [0.05, 0.1) is 6.54 Å². The zero-order valence-corrected chi connectivity index (χ0v) is 14.0. The topological polar surface area (TPSA) is 39.7 Å². The smallest absolute Gasteiger partial charge is 0.191 e. The number of nitrogens with one attached hydrogen (secondary N) is 2. The molecule has 4 heteroatoms. The Morgan fingerprint density at radius 2 is 2.09 bits per heavy atom. The first-order chi connectivity index (χ1) is 10.8. The number of hydrogen-bond donors (Lipinski definition) is 2. The van der Waals surface area contributed by atoms with Gasteiger partial charge in [0.15, 0.2) is 5.96 Å². The molecule has 1 aromatic rings. The molecule has 1 aliphatic rings. The number of hydrogen-bond acceptors (Lipinski definition) is 2. The van der Waals surface area contributed by atoms with Crippen molar-refractivity contribution in [3.8, 4) is 0 Å². The number of guanidine groups is 1. The average Bonchev–Trinajstić information content (AvgIpc) is 2.54. The predicted octanol–water partition coefficient (Wildman–Crippen LogP) is 2.47. The summed E-state index contributed by atoms with van der Waals surface area (Å²) in [5.74, 6) is 1.75. The summed E-state index contributed by atoms with van der Waals surface area (Å²) in [6, 6.07) is 10.4. The van der Waals surface area contributed by atoms with Crippen molar-refractivity contribution >= 4 is 5.96 Å². The molecule has 1 aromatic carbocycles. The van der Waals surface area contributed by atoms with Crippen molar-refractivity contribution in [2.75, 3.05) is 32.7 Å². The summed E-state index contributed by atoms with van der Waals surface area (Å²) < 4.78 is 0. The largest absolute Gasteiger partial charge is 0.357 e. The molecule has 4 nitrogen and oxygen atoms in total. The minimum atomic E-state index is 0.719. The van der Waals surface area contributed by atoms with Gasteiger partial charge in [0.1, 0.15) is 0 Å². The normalized spacial score (nSPS) is 19.9. The van der Waals surface area contributed by atoms with Crippen LogP contribution in [0.3, 0.4) is 0 Å². The lowest BCUT2D eigenvalue weighted by atomic mass is 10.0. The van der Waals surface area contributed by atoms with Gasteiger partial charge in [-0.05, 0) is 37.8 Å². The lowest BCUT2D eigenvalue weighted by molar-refractivity contribution is 0.187. The van der Waals surface area contributed by atoms with E-state index in [0.717, 1.165) is 38.1 Å². The molecule has 1 heterocycles. The second kappa shape index (κ2) is 9.46. The van der Waals surface area contributed by atoms with Gasteiger partial charge in [-0.25, -0.2) is 4.99 Å². The van der Waals surface area contributed by atoms with Crippen LogP contribution in [0.15, 0.2) is 35.3 Å². The fourth-order valence-electron chi connectivity index (χ4n) is 2.92. The van der Waals surface area contributed by atoms with E-state index in [0.29, 0.717) is 0 Å². The Bertz CT molecular complexity index is 444. The van der Waals surface area contributed by atoms with Crippen LogP contribution in [0.2, 0.25) is 0 Å². The number of benzene rings is 1. The van der Waals surface area contributed by atoms with Crippen LogP contribution in [0.1, 0.15) is 32.3 Å². The molecular weight excluding hydrogens is 272 g/mol. The van der Waals surface area contributed by atoms with Gasteiger partial charge in [-0.3, -0.25) is 0 Å². The number of likely N-dealkylation sites (tertiary alicyclic amines) is 1. The Balaban J connectivity index is 1.76. The Hall–Kier alpha value is -1.55. The van der Waals surface area contributed by atoms with E-state index in [1.54, 1.807) is 0 Å². The third-order valence-corrected chi connectivity index (χ3v) is 4.07. The lowest BCUT2D eigenvalue weighted by Gasteiger charge is -2.30. The number of piperidine rings is 1. The van der Waals surface area contributed by atoms with Gasteiger partial charge in [0.2, 0.25) is 0 Å². The number of rotatable bonds is 6. The van der Waals surface area contributed by atoms with Gasteiger partial charge in [-0.1, -0.05) is 37.3 Å². The summed E-state index contributed by atoms with van der Waals surface area (Å²) in [5, 5.41) is 6.77. The van der Waals surface area contributed by atoms with Crippen molar-refractivity contribution in [2.24, 2.45) is 10.9 Å².